The molecule has 1 nitrogen and oxygen atoms in total. The number of hydrogen-bond acceptors (Lipinski definition) is 1. The van der Waals surface area contributed by atoms with Crippen molar-refractivity contribution in [2.75, 3.05) is 0 Å². The molecule has 0 bridgehead atoms. The zero-order chi connectivity index (χ0) is 9.84. The summed E-state index contributed by atoms with van der Waals surface area (Å²) in [6.07, 6.45) is 0. The minimum Gasteiger partial charge on any atom is -0.203 e. The van der Waals surface area contributed by atoms with E-state index < -0.39 is 9.66 Å². The summed E-state index contributed by atoms with van der Waals surface area (Å²) in [4.78, 5) is 0. The van der Waals surface area contributed by atoms with Gasteiger partial charge in [0.15, 0.2) is 9.66 Å². The largest absolute Gasteiger partial charge is 0.203 e. The van der Waals surface area contributed by atoms with Gasteiger partial charge in [0.25, 0.3) is 0 Å². The van der Waals surface area contributed by atoms with Crippen LogP contribution in [-0.2, 0) is 0 Å². The van der Waals surface area contributed by atoms with E-state index in [4.69, 9.17) is 5.26 Å². The zero-order valence-electron chi connectivity index (χ0n) is 6.39. The summed E-state index contributed by atoms with van der Waals surface area (Å²) in [5, 5.41) is 8.44. The minimum absolute atomic E-state index is 0.144. The Kier molecular flexibility index (Phi) is 3.37. The van der Waals surface area contributed by atoms with Gasteiger partial charge in [-0.05, 0) is 34.7 Å². The lowest BCUT2D eigenvalue weighted by Crippen LogP contribution is -1.79. The minimum atomic E-state index is -0.898. The number of nitrogens with zero attached hydrogens (tertiary/aromatic N) is 1. The molecule has 1 aromatic rings. The molecule has 0 N–H and O–H groups in total. The van der Waals surface area contributed by atoms with Crippen molar-refractivity contribution in [2.45, 2.75) is 0 Å². The van der Waals surface area contributed by atoms with Crippen LogP contribution in [0, 0.1) is 11.3 Å². The fourth-order valence-corrected chi connectivity index (χ4v) is 1.11. The summed E-state index contributed by atoms with van der Waals surface area (Å²) in [6.45, 7) is 0. The molecule has 4 heteroatoms. The molecule has 0 radical (unpaired) electrons. The second-order valence-electron chi connectivity index (χ2n) is 2.26. The van der Waals surface area contributed by atoms with Crippen LogP contribution in [0.2, 0.25) is 0 Å². The van der Waals surface area contributed by atoms with Crippen molar-refractivity contribution >= 4 is 28.4 Å². The quantitative estimate of drug-likeness (QED) is 0.726. The Morgan fingerprint density at radius 1 is 1.23 bits per heavy atom. The van der Waals surface area contributed by atoms with E-state index in [0.29, 0.717) is 5.56 Å². The Balaban J connectivity index is 3.08. The molecular formula is C9H4F2IN. The molecule has 0 amide bonds. The van der Waals surface area contributed by atoms with Gasteiger partial charge in [-0.15, -0.1) is 0 Å². The predicted molar refractivity (Wildman–Crippen MR) is 54.3 cm³/mol. The van der Waals surface area contributed by atoms with Gasteiger partial charge in [-0.2, -0.15) is 9.65 Å². The molecule has 0 unspecified atom stereocenters. The summed E-state index contributed by atoms with van der Waals surface area (Å²) in [5.41, 5.74) is 0.566. The number of halogens is 3. The lowest BCUT2D eigenvalue weighted by Gasteiger charge is -1.96. The average molecular weight is 291 g/mol. The molecule has 0 saturated carbocycles. The first-order valence-electron chi connectivity index (χ1n) is 3.36. The van der Waals surface area contributed by atoms with Crippen molar-refractivity contribution < 1.29 is 8.78 Å². The topological polar surface area (TPSA) is 23.8 Å². The Morgan fingerprint density at radius 2 is 1.77 bits per heavy atom. The molecule has 0 aliphatic carbocycles. The Hall–Kier alpha value is -0.960. The fraction of sp³-hybridized carbons (Fsp3) is 0. The lowest BCUT2D eigenvalue weighted by molar-refractivity contribution is 0.664. The van der Waals surface area contributed by atoms with E-state index in [-0.39, 0.29) is 5.56 Å². The van der Waals surface area contributed by atoms with Gasteiger partial charge >= 0.3 is 0 Å². The van der Waals surface area contributed by atoms with Gasteiger partial charge in [0, 0.05) is 5.56 Å². The van der Waals surface area contributed by atoms with E-state index in [0.717, 1.165) is 0 Å². The van der Waals surface area contributed by atoms with Crippen molar-refractivity contribution in [3.8, 4) is 6.07 Å². The monoisotopic (exact) mass is 291 g/mol. The Labute approximate surface area is 87.8 Å². The molecule has 66 valence electrons. The molecule has 1 rings (SSSR count). The first-order chi connectivity index (χ1) is 6.15. The summed E-state index contributed by atoms with van der Waals surface area (Å²) >= 11 is 1.26. The smallest absolute Gasteiger partial charge is 0.196 e. The first-order valence-corrected chi connectivity index (χ1v) is 4.44. The molecule has 0 heterocycles. The van der Waals surface area contributed by atoms with E-state index in [2.05, 4.69) is 0 Å². The lowest BCUT2D eigenvalue weighted by atomic mass is 10.1. The summed E-state index contributed by atoms with van der Waals surface area (Å²) in [5.74, 6) is -0.898. The highest BCUT2D eigenvalue weighted by molar-refractivity contribution is 14.1. The van der Waals surface area contributed by atoms with Gasteiger partial charge in [0.1, 0.15) is 0 Å². The van der Waals surface area contributed by atoms with Crippen molar-refractivity contribution in [1.29, 1.82) is 5.26 Å². The highest BCUT2D eigenvalue weighted by Gasteiger charge is 2.05. The Bertz CT molecular complexity index is 372. The number of rotatable bonds is 1. The molecule has 0 spiro atoms. The molecule has 0 aliphatic rings. The third kappa shape index (κ3) is 2.49. The first kappa shape index (κ1) is 10.1. The van der Waals surface area contributed by atoms with Crippen LogP contribution in [0.5, 0.6) is 0 Å². The van der Waals surface area contributed by atoms with Crippen molar-refractivity contribution in [1.82, 2.24) is 0 Å². The van der Waals surface area contributed by atoms with Crippen LogP contribution in [0.3, 0.4) is 0 Å². The van der Waals surface area contributed by atoms with E-state index in [1.807, 2.05) is 6.07 Å². The maximum absolute atomic E-state index is 12.9. The van der Waals surface area contributed by atoms with Crippen molar-refractivity contribution in [3.05, 3.63) is 39.2 Å². The third-order valence-electron chi connectivity index (χ3n) is 1.43. The number of benzene rings is 1. The van der Waals surface area contributed by atoms with Gasteiger partial charge in [-0.1, -0.05) is 12.1 Å². The van der Waals surface area contributed by atoms with Crippen LogP contribution in [0.15, 0.2) is 28.1 Å². The second kappa shape index (κ2) is 4.33. The molecule has 1 aromatic carbocycles. The number of nitriles is 1. The fourth-order valence-electron chi connectivity index (χ4n) is 0.800. The van der Waals surface area contributed by atoms with Gasteiger partial charge in [-0.3, -0.25) is 0 Å². The molecule has 0 saturated heterocycles. The van der Waals surface area contributed by atoms with Crippen molar-refractivity contribution in [2.24, 2.45) is 0 Å². The summed E-state index contributed by atoms with van der Waals surface area (Å²) in [7, 11) is 0. The molecule has 0 aromatic heterocycles. The van der Waals surface area contributed by atoms with Gasteiger partial charge < -0.3 is 0 Å². The summed E-state index contributed by atoms with van der Waals surface area (Å²) in [6, 6.07) is 7.50. The highest BCUT2D eigenvalue weighted by Crippen LogP contribution is 2.25. The van der Waals surface area contributed by atoms with Crippen LogP contribution in [0.1, 0.15) is 11.1 Å². The van der Waals surface area contributed by atoms with Crippen LogP contribution >= 0.6 is 22.6 Å². The molecule has 0 atom stereocenters. The van der Waals surface area contributed by atoms with E-state index in [9.17, 15) is 8.78 Å². The van der Waals surface area contributed by atoms with Crippen LogP contribution in [0.4, 0.5) is 8.78 Å². The second-order valence-corrected chi connectivity index (χ2v) is 3.21. The van der Waals surface area contributed by atoms with E-state index in [1.54, 1.807) is 0 Å². The van der Waals surface area contributed by atoms with Gasteiger partial charge in [0.2, 0.25) is 0 Å². The van der Waals surface area contributed by atoms with Crippen LogP contribution in [-0.4, -0.2) is 0 Å². The maximum Gasteiger partial charge on any atom is 0.196 e. The summed E-state index contributed by atoms with van der Waals surface area (Å²) < 4.78 is 24.4. The van der Waals surface area contributed by atoms with Gasteiger partial charge in [-0.25, -0.2) is 4.39 Å². The standard InChI is InChI=1S/C9H4F2IN/c10-8(9(11)12)7-3-1-6(5-13)2-4-7/h1-4H. The Morgan fingerprint density at radius 3 is 2.15 bits per heavy atom. The van der Waals surface area contributed by atoms with E-state index >= 15 is 0 Å². The highest BCUT2D eigenvalue weighted by atomic mass is 127. The predicted octanol–water partition coefficient (Wildman–Crippen LogP) is 3.56. The molecule has 0 fully saturated rings. The average Bonchev–Trinajstić information content (AvgIpc) is 2.17. The zero-order valence-corrected chi connectivity index (χ0v) is 8.55. The van der Waals surface area contributed by atoms with Gasteiger partial charge in [0.05, 0.1) is 11.6 Å². The number of hydrogen-bond donors (Lipinski definition) is 0. The van der Waals surface area contributed by atoms with Crippen molar-refractivity contribution in [3.63, 3.8) is 0 Å². The van der Waals surface area contributed by atoms with E-state index in [1.165, 1.54) is 46.9 Å². The normalized spacial score (nSPS) is 11.8. The molecular weight excluding hydrogens is 287 g/mol. The molecule has 0 aliphatic heterocycles. The molecule has 13 heavy (non-hydrogen) atoms. The van der Waals surface area contributed by atoms with Crippen LogP contribution < -0.4 is 0 Å². The SMILES string of the molecule is N#Cc1ccc(C(F)=C(F)I)cc1. The van der Waals surface area contributed by atoms with Crippen LogP contribution in [0.25, 0.3) is 5.83 Å². The maximum atomic E-state index is 12.9. The third-order valence-corrected chi connectivity index (χ3v) is 1.91.